The number of carbonyl (C=O) groups excluding carboxylic acids is 1. The summed E-state index contributed by atoms with van der Waals surface area (Å²) in [6.45, 7) is 0.639. The Bertz CT molecular complexity index is 902. The molecule has 7 N–H and O–H groups in total. The predicted octanol–water partition coefficient (Wildman–Crippen LogP) is -2.17. The van der Waals surface area contributed by atoms with Gasteiger partial charge in [0, 0.05) is 12.6 Å². The molecule has 0 bridgehead atoms. The zero-order chi connectivity index (χ0) is 19.7. The normalized spacial score (nSPS) is 28.1. The number of hydrogen-bond acceptors (Lipinski definition) is 9. The molecule has 1 aliphatic rings. The van der Waals surface area contributed by atoms with E-state index < -0.39 is 48.7 Å². The van der Waals surface area contributed by atoms with E-state index in [1.54, 1.807) is 18.2 Å². The van der Waals surface area contributed by atoms with Crippen LogP contribution in [0.1, 0.15) is 6.92 Å². The van der Waals surface area contributed by atoms with Crippen molar-refractivity contribution in [1.82, 2.24) is 15.5 Å². The van der Waals surface area contributed by atoms with E-state index in [9.17, 15) is 24.9 Å². The molecule has 0 aliphatic carbocycles. The number of nitrogens with one attached hydrogen (secondary N) is 2. The maximum absolute atomic E-state index is 12.0. The Hall–Kier alpha value is -2.73. The molecule has 2 unspecified atom stereocenters. The van der Waals surface area contributed by atoms with E-state index in [-0.39, 0.29) is 17.0 Å². The standard InChI is InChI=1S/C16H20N4O7/c1-6(22)18-11-13(24)12(23)9(5-21)26-16(11)27-15-7-3-2-4-8(17)10(7)14(25)19-20-15/h2-4,9,11-13,16,21,23-24H,5,17H2,1H3,(H,18,22)(H,19,25)/t9?,11-,12?,13-,16+/m1/s1. The van der Waals surface area contributed by atoms with Gasteiger partial charge in [-0.25, -0.2) is 5.10 Å². The van der Waals surface area contributed by atoms with Crippen LogP contribution < -0.4 is 21.3 Å². The molecule has 11 nitrogen and oxygen atoms in total. The van der Waals surface area contributed by atoms with Gasteiger partial charge in [-0.05, 0) is 12.1 Å². The highest BCUT2D eigenvalue weighted by Crippen LogP contribution is 2.28. The summed E-state index contributed by atoms with van der Waals surface area (Å²) < 4.78 is 11.2. The number of H-pyrrole nitrogens is 1. The fourth-order valence-corrected chi connectivity index (χ4v) is 2.99. The van der Waals surface area contributed by atoms with Gasteiger partial charge < -0.3 is 35.8 Å². The summed E-state index contributed by atoms with van der Waals surface area (Å²) in [6, 6.07) is 3.56. The maximum atomic E-state index is 12.0. The molecule has 2 aromatic rings. The van der Waals surface area contributed by atoms with E-state index in [1.807, 2.05) is 0 Å². The van der Waals surface area contributed by atoms with Crippen LogP contribution in [0.5, 0.6) is 5.88 Å². The number of hydrogen-bond donors (Lipinski definition) is 6. The third-order valence-corrected chi connectivity index (χ3v) is 4.29. The van der Waals surface area contributed by atoms with Crippen LogP contribution in [0.25, 0.3) is 10.8 Å². The molecule has 1 saturated heterocycles. The molecule has 0 spiro atoms. The zero-order valence-corrected chi connectivity index (χ0v) is 14.3. The number of fused-ring (bicyclic) bond motifs is 1. The minimum Gasteiger partial charge on any atom is -0.444 e. The van der Waals surface area contributed by atoms with Gasteiger partial charge >= 0.3 is 0 Å². The molecule has 1 aliphatic heterocycles. The first kappa shape index (κ1) is 19.0. The Morgan fingerprint density at radius 3 is 2.81 bits per heavy atom. The number of ether oxygens (including phenoxy) is 2. The second kappa shape index (κ2) is 7.48. The van der Waals surface area contributed by atoms with Gasteiger partial charge in [0.05, 0.1) is 17.4 Å². The minimum atomic E-state index is -1.47. The summed E-state index contributed by atoms with van der Waals surface area (Å²) in [5, 5.41) is 38.7. The topological polar surface area (TPSA) is 180 Å². The third kappa shape index (κ3) is 3.57. The van der Waals surface area contributed by atoms with Gasteiger partial charge in [0.2, 0.25) is 18.1 Å². The summed E-state index contributed by atoms with van der Waals surface area (Å²) in [6.07, 6.45) is -5.35. The van der Waals surface area contributed by atoms with Crippen LogP contribution in [-0.4, -0.2) is 68.7 Å². The SMILES string of the molecule is CC(=O)N[C@H]1[C@H](Oc2n[nH]c(=O)c3c(N)cccc23)OC(CO)C(O)[C@@H]1O. The lowest BCUT2D eigenvalue weighted by Crippen LogP contribution is -2.65. The Balaban J connectivity index is 2.00. The van der Waals surface area contributed by atoms with Crippen molar-refractivity contribution in [2.45, 2.75) is 37.6 Å². The monoisotopic (exact) mass is 380 g/mol. The molecule has 0 radical (unpaired) electrons. The van der Waals surface area contributed by atoms with Crippen LogP contribution in [0.15, 0.2) is 23.0 Å². The number of nitrogen functional groups attached to an aromatic ring is 1. The number of aromatic nitrogens is 2. The van der Waals surface area contributed by atoms with Crippen LogP contribution in [0.2, 0.25) is 0 Å². The fourth-order valence-electron chi connectivity index (χ4n) is 2.99. The second-order valence-electron chi connectivity index (χ2n) is 6.18. The molecule has 0 saturated carbocycles. The minimum absolute atomic E-state index is 0.0578. The first-order valence-electron chi connectivity index (χ1n) is 8.16. The number of carbonyl (C=O) groups is 1. The first-order chi connectivity index (χ1) is 12.8. The summed E-state index contributed by atoms with van der Waals surface area (Å²) in [5.41, 5.74) is 5.54. The van der Waals surface area contributed by atoms with Crippen LogP contribution in [0.3, 0.4) is 0 Å². The number of aliphatic hydroxyl groups excluding tert-OH is 3. The summed E-state index contributed by atoms with van der Waals surface area (Å²) in [7, 11) is 0. The average Bonchev–Trinajstić information content (AvgIpc) is 2.63. The quantitative estimate of drug-likeness (QED) is 0.322. The van der Waals surface area contributed by atoms with Crippen LogP contribution in [0.4, 0.5) is 5.69 Å². The number of nitrogens with zero attached hydrogens (tertiary/aromatic N) is 1. The van der Waals surface area contributed by atoms with Gasteiger partial charge in [-0.3, -0.25) is 9.59 Å². The average molecular weight is 380 g/mol. The molecule has 146 valence electrons. The Morgan fingerprint density at radius 2 is 2.15 bits per heavy atom. The molecule has 5 atom stereocenters. The van der Waals surface area contributed by atoms with Crippen molar-refractivity contribution in [3.8, 4) is 5.88 Å². The van der Waals surface area contributed by atoms with Gasteiger partial charge in [0.25, 0.3) is 5.56 Å². The summed E-state index contributed by atoms with van der Waals surface area (Å²) in [4.78, 5) is 23.5. The maximum Gasteiger partial charge on any atom is 0.274 e. The molecule has 3 rings (SSSR count). The Morgan fingerprint density at radius 1 is 1.41 bits per heavy atom. The molecule has 1 amide bonds. The lowest BCUT2D eigenvalue weighted by Gasteiger charge is -2.41. The van der Waals surface area contributed by atoms with Crippen molar-refractivity contribution in [2.75, 3.05) is 12.3 Å². The van der Waals surface area contributed by atoms with Crippen molar-refractivity contribution in [3.05, 3.63) is 28.6 Å². The van der Waals surface area contributed by atoms with E-state index in [2.05, 4.69) is 15.5 Å². The molecule has 1 aromatic carbocycles. The molecule has 11 heteroatoms. The van der Waals surface area contributed by atoms with E-state index in [1.165, 1.54) is 6.92 Å². The van der Waals surface area contributed by atoms with E-state index in [0.717, 1.165) is 0 Å². The Kier molecular flexibility index (Phi) is 5.28. The third-order valence-electron chi connectivity index (χ3n) is 4.29. The second-order valence-corrected chi connectivity index (χ2v) is 6.18. The molecule has 1 aromatic heterocycles. The number of amides is 1. The Labute approximate surface area is 152 Å². The highest BCUT2D eigenvalue weighted by molar-refractivity contribution is 5.94. The molecule has 2 heterocycles. The fraction of sp³-hybridized carbons (Fsp3) is 0.438. The first-order valence-corrected chi connectivity index (χ1v) is 8.16. The van der Waals surface area contributed by atoms with Gasteiger partial charge in [0.1, 0.15) is 24.4 Å². The van der Waals surface area contributed by atoms with Gasteiger partial charge in [-0.15, -0.1) is 5.10 Å². The van der Waals surface area contributed by atoms with Crippen molar-refractivity contribution in [1.29, 1.82) is 0 Å². The number of rotatable bonds is 4. The summed E-state index contributed by atoms with van der Waals surface area (Å²) in [5.74, 6) is -0.549. The number of aliphatic hydroxyl groups is 3. The number of benzene rings is 1. The van der Waals surface area contributed by atoms with Crippen molar-refractivity contribution >= 4 is 22.4 Å². The lowest BCUT2D eigenvalue weighted by atomic mass is 9.97. The van der Waals surface area contributed by atoms with Crippen molar-refractivity contribution in [2.24, 2.45) is 0 Å². The predicted molar refractivity (Wildman–Crippen MR) is 92.8 cm³/mol. The number of aromatic amines is 1. The van der Waals surface area contributed by atoms with Crippen molar-refractivity contribution in [3.63, 3.8) is 0 Å². The molecule has 27 heavy (non-hydrogen) atoms. The van der Waals surface area contributed by atoms with E-state index in [0.29, 0.717) is 5.39 Å². The lowest BCUT2D eigenvalue weighted by molar-refractivity contribution is -0.245. The van der Waals surface area contributed by atoms with E-state index in [4.69, 9.17) is 15.2 Å². The highest BCUT2D eigenvalue weighted by Gasteiger charge is 2.46. The van der Waals surface area contributed by atoms with Crippen LogP contribution in [-0.2, 0) is 9.53 Å². The molecule has 1 fully saturated rings. The highest BCUT2D eigenvalue weighted by atomic mass is 16.7. The smallest absolute Gasteiger partial charge is 0.274 e. The summed E-state index contributed by atoms with van der Waals surface area (Å²) >= 11 is 0. The van der Waals surface area contributed by atoms with Gasteiger partial charge in [-0.2, -0.15) is 0 Å². The zero-order valence-electron chi connectivity index (χ0n) is 14.3. The molecular weight excluding hydrogens is 360 g/mol. The van der Waals surface area contributed by atoms with Crippen molar-refractivity contribution < 1.29 is 29.6 Å². The van der Waals surface area contributed by atoms with Gasteiger partial charge in [-0.1, -0.05) is 6.07 Å². The number of nitrogens with two attached hydrogens (primary N) is 1. The van der Waals surface area contributed by atoms with Crippen LogP contribution >= 0.6 is 0 Å². The van der Waals surface area contributed by atoms with E-state index >= 15 is 0 Å². The van der Waals surface area contributed by atoms with Gasteiger partial charge in [0.15, 0.2) is 0 Å². The number of anilines is 1. The molecular formula is C16H20N4O7. The largest absolute Gasteiger partial charge is 0.444 e. The van der Waals surface area contributed by atoms with Crippen LogP contribution in [0, 0.1) is 0 Å².